The Hall–Kier alpha value is -2.66. The van der Waals surface area contributed by atoms with E-state index in [1.54, 1.807) is 0 Å². The molecule has 0 atom stereocenters. The Bertz CT molecular complexity index is 1130. The van der Waals surface area contributed by atoms with Crippen LogP contribution in [0, 0.1) is 5.92 Å². The number of amides is 1. The number of likely N-dealkylation sites (N-methyl/N-ethyl adjacent to an activating group) is 1. The van der Waals surface area contributed by atoms with Crippen LogP contribution in [0.25, 0.3) is 0 Å². The van der Waals surface area contributed by atoms with E-state index in [0.29, 0.717) is 12.5 Å². The van der Waals surface area contributed by atoms with Gasteiger partial charge in [0.05, 0.1) is 6.54 Å². The molecule has 2 N–H and O–H groups in total. The molecule has 1 aromatic heterocycles. The van der Waals surface area contributed by atoms with Gasteiger partial charge in [-0.2, -0.15) is 0 Å². The van der Waals surface area contributed by atoms with Crippen molar-refractivity contribution in [1.82, 2.24) is 15.6 Å². The Morgan fingerprint density at radius 3 is 2.61 bits per heavy atom. The number of nitrogens with zero attached hydrogens (tertiary/aromatic N) is 2. The van der Waals surface area contributed by atoms with E-state index in [9.17, 15) is 4.79 Å². The second-order valence-electron chi connectivity index (χ2n) is 10.9. The molecule has 0 saturated heterocycles. The quantitative estimate of drug-likeness (QED) is 0.385. The first-order valence-corrected chi connectivity index (χ1v) is 14.1. The summed E-state index contributed by atoms with van der Waals surface area (Å²) in [5, 5.41) is 6.98. The number of aryl methyl sites for hydroxylation is 1. The van der Waals surface area contributed by atoms with E-state index < -0.39 is 0 Å². The van der Waals surface area contributed by atoms with Gasteiger partial charge in [0.25, 0.3) is 5.91 Å². The molecule has 2 saturated carbocycles. The Kier molecular flexibility index (Phi) is 7.76. The van der Waals surface area contributed by atoms with Crippen LogP contribution < -0.4 is 15.5 Å². The number of aromatic nitrogens is 1. The summed E-state index contributed by atoms with van der Waals surface area (Å²) in [5.74, 6) is 2.30. The maximum atomic E-state index is 13.8. The molecular weight excluding hydrogens is 444 g/mol. The lowest BCUT2D eigenvalue weighted by atomic mass is 9.85. The van der Waals surface area contributed by atoms with Crippen LogP contribution in [0.4, 0.5) is 5.82 Å². The zero-order valence-corrected chi connectivity index (χ0v) is 22.3. The van der Waals surface area contributed by atoms with Crippen molar-refractivity contribution in [2.45, 2.75) is 90.6 Å². The van der Waals surface area contributed by atoms with Crippen LogP contribution in [0.3, 0.4) is 0 Å². The second-order valence-corrected chi connectivity index (χ2v) is 10.9. The molecule has 1 aromatic carbocycles. The van der Waals surface area contributed by atoms with E-state index in [0.717, 1.165) is 61.8 Å². The van der Waals surface area contributed by atoms with Crippen molar-refractivity contribution in [2.24, 2.45) is 5.92 Å². The zero-order valence-electron chi connectivity index (χ0n) is 22.3. The van der Waals surface area contributed by atoms with Crippen LogP contribution >= 0.6 is 0 Å². The monoisotopic (exact) mass is 486 g/mol. The number of hydrogen-bond donors (Lipinski definition) is 2. The van der Waals surface area contributed by atoms with Gasteiger partial charge in [-0.15, -0.1) is 0 Å². The molecular formula is C31H42N4O. The predicted molar refractivity (Wildman–Crippen MR) is 147 cm³/mol. The summed E-state index contributed by atoms with van der Waals surface area (Å²) in [6.07, 6.45) is 12.6. The third kappa shape index (κ3) is 5.51. The summed E-state index contributed by atoms with van der Waals surface area (Å²) >= 11 is 0. The fourth-order valence-corrected chi connectivity index (χ4v) is 5.60. The maximum absolute atomic E-state index is 13.8. The lowest BCUT2D eigenvalue weighted by Crippen LogP contribution is -2.27. The Labute approximate surface area is 216 Å². The molecule has 5 nitrogen and oxygen atoms in total. The van der Waals surface area contributed by atoms with Gasteiger partial charge >= 0.3 is 0 Å². The minimum absolute atomic E-state index is 0.104. The summed E-state index contributed by atoms with van der Waals surface area (Å²) < 4.78 is 0. The highest BCUT2D eigenvalue weighted by Crippen LogP contribution is 2.41. The van der Waals surface area contributed by atoms with Gasteiger partial charge in [0.1, 0.15) is 5.82 Å². The van der Waals surface area contributed by atoms with Gasteiger partial charge in [-0.05, 0) is 91.4 Å². The van der Waals surface area contributed by atoms with E-state index in [2.05, 4.69) is 54.8 Å². The molecule has 3 aliphatic rings. The van der Waals surface area contributed by atoms with Crippen LogP contribution in [0.15, 0.2) is 36.0 Å². The van der Waals surface area contributed by atoms with Crippen molar-refractivity contribution in [3.05, 3.63) is 69.5 Å². The van der Waals surface area contributed by atoms with Crippen molar-refractivity contribution >= 4 is 11.7 Å². The van der Waals surface area contributed by atoms with Crippen molar-refractivity contribution in [3.63, 3.8) is 0 Å². The van der Waals surface area contributed by atoms with E-state index in [-0.39, 0.29) is 5.91 Å². The summed E-state index contributed by atoms with van der Waals surface area (Å²) in [6.45, 7) is 6.93. The summed E-state index contributed by atoms with van der Waals surface area (Å²) in [6, 6.07) is 8.86. The van der Waals surface area contributed by atoms with E-state index >= 15 is 0 Å². The number of carbonyl (C=O) groups is 1. The molecule has 1 amide bonds. The van der Waals surface area contributed by atoms with Crippen LogP contribution in [-0.4, -0.2) is 24.5 Å². The number of nitrogens with one attached hydrogen (secondary N) is 2. The number of hydrogen-bond acceptors (Lipinski definition) is 4. The molecule has 0 spiro atoms. The standard InChI is InChI=1S/C31H42N4O/c1-4-7-25-13-23(19-33-18-21-9-6-10-21)15-27-28(25)20-35(31(27)36)30-17-22(14-26(32-3)8-5-2)16-29(34-30)24-11-12-24/h8,13,15-17,21,24,32-33H,4-7,9-12,14,18-20H2,1-3H3/b26-8+. The average Bonchev–Trinajstić information content (AvgIpc) is 3.64. The number of fused-ring (bicyclic) bond motifs is 1. The van der Waals surface area contributed by atoms with Crippen LogP contribution in [0.5, 0.6) is 0 Å². The molecule has 0 unspecified atom stereocenters. The summed E-state index contributed by atoms with van der Waals surface area (Å²) in [4.78, 5) is 20.7. The molecule has 2 aliphatic carbocycles. The number of benzene rings is 1. The Morgan fingerprint density at radius 2 is 1.94 bits per heavy atom. The molecule has 5 heteroatoms. The van der Waals surface area contributed by atoms with Gasteiger partial charge in [-0.25, -0.2) is 4.98 Å². The Morgan fingerprint density at radius 1 is 1.11 bits per heavy atom. The fraction of sp³-hybridized carbons (Fsp3) is 0.548. The number of rotatable bonds is 12. The average molecular weight is 487 g/mol. The molecule has 0 radical (unpaired) electrons. The lowest BCUT2D eigenvalue weighted by molar-refractivity contribution is 0.0995. The SMILES string of the molecule is CC/C=C(\Cc1cc(C2CC2)nc(N2Cc3c(CCC)cc(CNCC4CCC4)cc3C2=O)c1)NC. The predicted octanol–water partition coefficient (Wildman–Crippen LogP) is 6.02. The van der Waals surface area contributed by atoms with E-state index in [1.165, 1.54) is 60.1 Å². The summed E-state index contributed by atoms with van der Waals surface area (Å²) in [5.41, 5.74) is 8.23. The van der Waals surface area contributed by atoms with Crippen LogP contribution in [0.2, 0.25) is 0 Å². The van der Waals surface area contributed by atoms with Gasteiger partial charge in [-0.1, -0.05) is 38.8 Å². The van der Waals surface area contributed by atoms with Crippen LogP contribution in [0.1, 0.15) is 103 Å². The third-order valence-corrected chi connectivity index (χ3v) is 8.03. The molecule has 0 bridgehead atoms. The second kappa shape index (κ2) is 11.2. The molecule has 5 rings (SSSR count). The number of allylic oxidation sites excluding steroid dienone is 2. The lowest BCUT2D eigenvalue weighted by Gasteiger charge is -2.25. The zero-order chi connectivity index (χ0) is 25.1. The number of pyridine rings is 1. The van der Waals surface area contributed by atoms with Crippen molar-refractivity contribution in [1.29, 1.82) is 0 Å². The molecule has 192 valence electrons. The minimum atomic E-state index is 0.104. The van der Waals surface area contributed by atoms with E-state index in [4.69, 9.17) is 4.98 Å². The first-order chi connectivity index (χ1) is 17.6. The van der Waals surface area contributed by atoms with Crippen molar-refractivity contribution < 1.29 is 4.79 Å². The highest BCUT2D eigenvalue weighted by Gasteiger charge is 2.33. The topological polar surface area (TPSA) is 57.3 Å². The van der Waals surface area contributed by atoms with Gasteiger partial charge < -0.3 is 10.6 Å². The molecule has 2 heterocycles. The maximum Gasteiger partial charge on any atom is 0.260 e. The number of anilines is 1. The summed E-state index contributed by atoms with van der Waals surface area (Å²) in [7, 11) is 1.99. The fourth-order valence-electron chi connectivity index (χ4n) is 5.60. The van der Waals surface area contributed by atoms with E-state index in [1.807, 2.05) is 11.9 Å². The molecule has 2 aromatic rings. The molecule has 1 aliphatic heterocycles. The highest BCUT2D eigenvalue weighted by molar-refractivity contribution is 6.10. The van der Waals surface area contributed by atoms with Gasteiger partial charge in [0.15, 0.2) is 0 Å². The largest absolute Gasteiger partial charge is 0.391 e. The van der Waals surface area contributed by atoms with Crippen molar-refractivity contribution in [2.75, 3.05) is 18.5 Å². The Balaban J connectivity index is 1.41. The van der Waals surface area contributed by atoms with Crippen LogP contribution in [-0.2, 0) is 25.9 Å². The minimum Gasteiger partial charge on any atom is -0.391 e. The third-order valence-electron chi connectivity index (χ3n) is 8.03. The normalized spacial score (nSPS) is 17.9. The first-order valence-electron chi connectivity index (χ1n) is 14.1. The first kappa shape index (κ1) is 25.0. The molecule has 2 fully saturated rings. The van der Waals surface area contributed by atoms with Gasteiger partial charge in [0.2, 0.25) is 0 Å². The number of carbonyl (C=O) groups excluding carboxylic acids is 1. The van der Waals surface area contributed by atoms with Gasteiger partial charge in [0, 0.05) is 42.9 Å². The van der Waals surface area contributed by atoms with Crippen molar-refractivity contribution in [3.8, 4) is 0 Å². The molecule has 36 heavy (non-hydrogen) atoms. The van der Waals surface area contributed by atoms with Gasteiger partial charge in [-0.3, -0.25) is 9.69 Å². The highest BCUT2D eigenvalue weighted by atomic mass is 16.2. The smallest absolute Gasteiger partial charge is 0.260 e.